The van der Waals surface area contributed by atoms with Crippen molar-refractivity contribution in [1.82, 2.24) is 24.8 Å². The van der Waals surface area contributed by atoms with Gasteiger partial charge in [0.1, 0.15) is 0 Å². The molecule has 5 rings (SSSR count). The van der Waals surface area contributed by atoms with E-state index in [1.54, 1.807) is 10.6 Å². The molecule has 2 aromatic heterocycles. The number of aromatic nitrogens is 3. The van der Waals surface area contributed by atoms with Gasteiger partial charge in [-0.05, 0) is 17.7 Å². The molecule has 1 aliphatic heterocycles. The molecule has 9 heteroatoms. The molecule has 2 aliphatic rings. The van der Waals surface area contributed by atoms with Crippen LogP contribution in [0.3, 0.4) is 0 Å². The minimum Gasteiger partial charge on any atom is -0.465 e. The third-order valence-corrected chi connectivity index (χ3v) is 4.71. The fourth-order valence-corrected chi connectivity index (χ4v) is 3.14. The summed E-state index contributed by atoms with van der Waals surface area (Å²) in [6, 6.07) is 13.5. The number of hydrogen-bond donors (Lipinski definition) is 3. The number of carbonyl (C=O) groups excluding carboxylic acids is 1. The van der Waals surface area contributed by atoms with Gasteiger partial charge in [-0.15, -0.1) is 5.10 Å². The molecule has 0 atom stereocenters. The first-order valence-electron chi connectivity index (χ1n) is 10.0. The van der Waals surface area contributed by atoms with Gasteiger partial charge in [-0.25, -0.2) is 9.31 Å². The Bertz CT molecular complexity index is 1040. The monoisotopic (exact) mass is 408 g/mol. The summed E-state index contributed by atoms with van der Waals surface area (Å²) in [6.45, 7) is 2.65. The van der Waals surface area contributed by atoms with Crippen LogP contribution in [0.15, 0.2) is 42.5 Å². The van der Waals surface area contributed by atoms with Crippen LogP contribution in [-0.2, 0) is 11.3 Å². The highest BCUT2D eigenvalue weighted by Gasteiger charge is 2.16. The summed E-state index contributed by atoms with van der Waals surface area (Å²) in [6.07, 6.45) is 3.29. The van der Waals surface area contributed by atoms with Gasteiger partial charge in [-0.2, -0.15) is 4.98 Å². The van der Waals surface area contributed by atoms with Gasteiger partial charge in [0.15, 0.2) is 5.65 Å². The second kappa shape index (κ2) is 8.91. The Balaban J connectivity index is 0.000000667. The van der Waals surface area contributed by atoms with Crippen molar-refractivity contribution in [3.05, 3.63) is 48.0 Å². The molecule has 9 nitrogen and oxygen atoms in total. The third kappa shape index (κ3) is 5.12. The Kier molecular flexibility index (Phi) is 5.89. The second-order valence-electron chi connectivity index (χ2n) is 7.36. The quantitative estimate of drug-likeness (QED) is 0.612. The third-order valence-electron chi connectivity index (χ3n) is 4.71. The number of rotatable bonds is 4. The lowest BCUT2D eigenvalue weighted by Crippen LogP contribution is -2.47. The van der Waals surface area contributed by atoms with Gasteiger partial charge in [-0.1, -0.05) is 49.6 Å². The lowest BCUT2D eigenvalue weighted by Gasteiger charge is -2.26. The van der Waals surface area contributed by atoms with Gasteiger partial charge in [0.05, 0.1) is 12.2 Å². The van der Waals surface area contributed by atoms with E-state index in [2.05, 4.69) is 25.6 Å². The van der Waals surface area contributed by atoms with E-state index in [0.29, 0.717) is 25.3 Å². The van der Waals surface area contributed by atoms with E-state index in [0.717, 1.165) is 23.4 Å². The molecule has 0 radical (unpaired) electrons. The highest BCUT2D eigenvalue weighted by atomic mass is 16.4. The largest absolute Gasteiger partial charge is 0.465 e. The first-order valence-corrected chi connectivity index (χ1v) is 10.0. The van der Waals surface area contributed by atoms with Crippen LogP contribution in [-0.4, -0.2) is 56.2 Å². The summed E-state index contributed by atoms with van der Waals surface area (Å²) in [5, 5.41) is 18.0. The smallest absolute Gasteiger partial charge is 0.411 e. The molecule has 1 aliphatic carbocycles. The molecule has 3 aromatic rings. The molecule has 0 unspecified atom stereocenters. The molecule has 1 aromatic carbocycles. The van der Waals surface area contributed by atoms with Crippen LogP contribution in [0.2, 0.25) is 0 Å². The topological polar surface area (TPSA) is 112 Å². The van der Waals surface area contributed by atoms with Crippen molar-refractivity contribution in [3.63, 3.8) is 0 Å². The van der Waals surface area contributed by atoms with Crippen molar-refractivity contribution < 1.29 is 14.7 Å². The Morgan fingerprint density at radius 3 is 2.57 bits per heavy atom. The predicted molar refractivity (Wildman–Crippen MR) is 112 cm³/mol. The van der Waals surface area contributed by atoms with Gasteiger partial charge in [0.2, 0.25) is 5.91 Å². The van der Waals surface area contributed by atoms with Crippen LogP contribution in [0.25, 0.3) is 16.9 Å². The van der Waals surface area contributed by atoms with Crippen molar-refractivity contribution in [2.45, 2.75) is 25.8 Å². The Morgan fingerprint density at radius 2 is 1.90 bits per heavy atom. The Hall–Kier alpha value is -3.46. The zero-order chi connectivity index (χ0) is 20.9. The summed E-state index contributed by atoms with van der Waals surface area (Å²) in [5.74, 6) is 0.0939. The number of carboxylic acid groups (broad SMARTS) is 1. The zero-order valence-electron chi connectivity index (χ0n) is 16.5. The molecule has 3 heterocycles. The van der Waals surface area contributed by atoms with Crippen molar-refractivity contribution in [2.24, 2.45) is 0 Å². The number of piperazine rings is 1. The number of anilines is 1. The molecule has 0 bridgehead atoms. The van der Waals surface area contributed by atoms with E-state index in [-0.39, 0.29) is 11.9 Å². The molecule has 156 valence electrons. The van der Waals surface area contributed by atoms with Crippen molar-refractivity contribution in [1.29, 1.82) is 0 Å². The highest BCUT2D eigenvalue weighted by molar-refractivity contribution is 5.80. The lowest BCUT2D eigenvalue weighted by molar-refractivity contribution is -0.124. The number of benzene rings is 1. The van der Waals surface area contributed by atoms with E-state index in [1.807, 2.05) is 36.4 Å². The van der Waals surface area contributed by atoms with Gasteiger partial charge >= 0.3 is 6.09 Å². The van der Waals surface area contributed by atoms with Gasteiger partial charge in [0, 0.05) is 25.2 Å². The summed E-state index contributed by atoms with van der Waals surface area (Å²) >= 11 is 0. The van der Waals surface area contributed by atoms with Crippen LogP contribution in [0, 0.1) is 0 Å². The molecule has 0 spiro atoms. The van der Waals surface area contributed by atoms with Crippen LogP contribution < -0.4 is 10.6 Å². The number of hydrogen-bond acceptors (Lipinski definition) is 5. The number of carbonyl (C=O) groups is 2. The standard InChI is InChI=1S/C18H18N6O3.C3H6/c25-16-11-23(9-8-19-16)10-12-4-6-13(7-5-12)14-2-1-3-15-20-17(21-18(26)27)22-24(14)15;1-2-3-1/h1-7H,8-11H2,(H,19,25)(H,21,22)(H,26,27);1-3H2. The molecule has 3 N–H and O–H groups in total. The van der Waals surface area contributed by atoms with Gasteiger partial charge < -0.3 is 10.4 Å². The van der Waals surface area contributed by atoms with Crippen LogP contribution in [0.5, 0.6) is 0 Å². The van der Waals surface area contributed by atoms with Crippen LogP contribution in [0.1, 0.15) is 24.8 Å². The average molecular weight is 408 g/mol. The van der Waals surface area contributed by atoms with E-state index >= 15 is 0 Å². The molecule has 1 saturated carbocycles. The summed E-state index contributed by atoms with van der Waals surface area (Å²) < 4.78 is 1.61. The fourth-order valence-electron chi connectivity index (χ4n) is 3.14. The highest BCUT2D eigenvalue weighted by Crippen LogP contribution is 2.22. The number of nitrogens with zero attached hydrogens (tertiary/aromatic N) is 4. The summed E-state index contributed by atoms with van der Waals surface area (Å²) in [5.41, 5.74) is 3.42. The zero-order valence-corrected chi connectivity index (χ0v) is 16.5. The summed E-state index contributed by atoms with van der Waals surface area (Å²) in [7, 11) is 0. The first kappa shape index (κ1) is 19.8. The molecule has 2 amide bonds. The van der Waals surface area contributed by atoms with Crippen LogP contribution in [0.4, 0.5) is 10.7 Å². The van der Waals surface area contributed by atoms with Crippen molar-refractivity contribution in [3.8, 4) is 11.3 Å². The maximum absolute atomic E-state index is 11.5. The number of pyridine rings is 1. The van der Waals surface area contributed by atoms with Gasteiger partial charge in [0.25, 0.3) is 5.95 Å². The Labute approximate surface area is 173 Å². The maximum atomic E-state index is 11.5. The van der Waals surface area contributed by atoms with Crippen molar-refractivity contribution >= 4 is 23.6 Å². The minimum atomic E-state index is -1.21. The molecular weight excluding hydrogens is 384 g/mol. The van der Waals surface area contributed by atoms with Crippen LogP contribution >= 0.6 is 0 Å². The fraction of sp³-hybridized carbons (Fsp3) is 0.333. The van der Waals surface area contributed by atoms with E-state index in [4.69, 9.17) is 5.11 Å². The lowest BCUT2D eigenvalue weighted by atomic mass is 10.1. The van der Waals surface area contributed by atoms with Crippen molar-refractivity contribution in [2.75, 3.05) is 25.0 Å². The first-order chi connectivity index (χ1) is 14.6. The molecule has 1 saturated heterocycles. The van der Waals surface area contributed by atoms with Gasteiger partial charge in [-0.3, -0.25) is 15.0 Å². The normalized spacial score (nSPS) is 15.8. The number of amides is 2. The SMILES string of the molecule is C1CC1.O=C(O)Nc1nc2cccc(-c3ccc(CN4CCNC(=O)C4)cc3)n2n1. The van der Waals surface area contributed by atoms with E-state index < -0.39 is 6.09 Å². The van der Waals surface area contributed by atoms with E-state index in [1.165, 1.54) is 19.3 Å². The molecular formula is C21H24N6O3. The Morgan fingerprint density at radius 1 is 1.13 bits per heavy atom. The molecule has 2 fully saturated rings. The minimum absolute atomic E-state index is 0.0370. The second-order valence-corrected chi connectivity index (χ2v) is 7.36. The average Bonchev–Trinajstić information content (AvgIpc) is 3.54. The molecule has 30 heavy (non-hydrogen) atoms. The predicted octanol–water partition coefficient (Wildman–Crippen LogP) is 2.59. The maximum Gasteiger partial charge on any atom is 0.411 e. The summed E-state index contributed by atoms with van der Waals surface area (Å²) in [4.78, 5) is 28.5. The van der Waals surface area contributed by atoms with E-state index in [9.17, 15) is 9.59 Å². The number of nitrogens with one attached hydrogen (secondary N) is 2. The number of fused-ring (bicyclic) bond motifs is 1.